The Kier molecular flexibility index (Phi) is 12.5. The summed E-state index contributed by atoms with van der Waals surface area (Å²) in [6.07, 6.45) is 0. The van der Waals surface area contributed by atoms with E-state index in [2.05, 4.69) is 0 Å². The van der Waals surface area contributed by atoms with E-state index in [9.17, 15) is 0 Å². The first-order chi connectivity index (χ1) is 2.00. The van der Waals surface area contributed by atoms with E-state index in [1.165, 1.54) is 0 Å². The first-order valence-corrected chi connectivity index (χ1v) is 2.35. The summed E-state index contributed by atoms with van der Waals surface area (Å²) in [5, 5.41) is 0. The quantitative estimate of drug-likeness (QED) is 0.315. The minimum atomic E-state index is -4.64. The molecule has 4 nitrogen and oxygen atoms in total. The molecule has 0 aliphatic carbocycles. The van der Waals surface area contributed by atoms with Crippen LogP contribution in [0.5, 0.6) is 0 Å². The van der Waals surface area contributed by atoms with E-state index in [1.54, 1.807) is 0 Å². The van der Waals surface area contributed by atoms with Crippen LogP contribution in [-0.4, -0.2) is 44.2 Å². The number of halogens is 1. The maximum atomic E-state index is 8.88. The van der Waals surface area contributed by atoms with E-state index in [0.29, 0.717) is 0 Å². The smallest absolute Gasteiger partial charge is 0.303 e. The Morgan fingerprint density at radius 1 is 1.14 bits per heavy atom. The summed E-state index contributed by atoms with van der Waals surface area (Å²) in [5.41, 5.74) is 0. The third kappa shape index (κ3) is 110. The van der Waals surface area contributed by atoms with Gasteiger partial charge in [-0.1, -0.05) is 0 Å². The molecule has 0 aliphatic heterocycles. The monoisotopic (exact) mass is 157 g/mol. The Hall–Kier alpha value is 1.40. The molecule has 1 radical (unpaired) electrons. The van der Waals surface area contributed by atoms with Crippen LogP contribution in [-0.2, 0) is 4.57 Å². The second-order valence-electron chi connectivity index (χ2n) is 0.513. The molecule has 0 aromatic heterocycles. The van der Waals surface area contributed by atoms with Crippen LogP contribution in [0.3, 0.4) is 0 Å². The van der Waals surface area contributed by atoms with Crippen LogP contribution in [0.15, 0.2) is 0 Å². The van der Waals surface area contributed by atoms with Gasteiger partial charge in [0, 0.05) is 29.6 Å². The minimum absolute atomic E-state index is 0. The third-order valence-corrected chi connectivity index (χ3v) is 0. The normalized spacial score (nSPS) is 8.43. The second-order valence-corrected chi connectivity index (χ2v) is 1.54. The first-order valence-electron chi connectivity index (χ1n) is 0.783. The van der Waals surface area contributed by atoms with Crippen molar-refractivity contribution >= 4 is 49.8 Å². The van der Waals surface area contributed by atoms with Crippen LogP contribution < -0.4 is 0 Å². The van der Waals surface area contributed by atoms with Gasteiger partial charge in [0.25, 0.3) is 0 Å². The van der Waals surface area contributed by atoms with Gasteiger partial charge in [-0.05, 0) is 0 Å². The fourth-order valence-electron chi connectivity index (χ4n) is 0. The molecule has 3 N–H and O–H groups in total. The van der Waals surface area contributed by atoms with Gasteiger partial charge in [0.2, 0.25) is 0 Å². The van der Waals surface area contributed by atoms with Gasteiger partial charge in [0.1, 0.15) is 0 Å². The number of phosphoric acid groups is 1. The van der Waals surface area contributed by atoms with E-state index in [4.69, 9.17) is 19.2 Å². The topological polar surface area (TPSA) is 77.8 Å². The van der Waals surface area contributed by atoms with Crippen molar-refractivity contribution in [3.63, 3.8) is 0 Å². The van der Waals surface area contributed by atoms with Crippen molar-refractivity contribution < 1.29 is 19.2 Å². The molecule has 0 spiro atoms. The van der Waals surface area contributed by atoms with Crippen LogP contribution in [0.2, 0.25) is 0 Å². The molecule has 7 heteroatoms. The molecule has 0 aromatic rings. The summed E-state index contributed by atoms with van der Waals surface area (Å²) in [5.74, 6) is 0. The maximum Gasteiger partial charge on any atom is 0.466 e. The molecule has 41 valence electrons. The average Bonchev–Trinajstić information content (AvgIpc) is 0.722. The number of rotatable bonds is 0. The van der Waals surface area contributed by atoms with E-state index in [1.807, 2.05) is 0 Å². The minimum Gasteiger partial charge on any atom is -0.303 e. The van der Waals surface area contributed by atoms with Crippen molar-refractivity contribution in [2.45, 2.75) is 0 Å². The maximum absolute atomic E-state index is 8.88. The predicted octanol–water partition coefficient (Wildman–Crippen LogP) is -0.888. The van der Waals surface area contributed by atoms with E-state index < -0.39 is 7.82 Å². The van der Waals surface area contributed by atoms with Gasteiger partial charge in [-0.2, -0.15) is 0 Å². The van der Waals surface area contributed by atoms with Crippen LogP contribution in [0.25, 0.3) is 0 Å². The fraction of sp³-hybridized carbons (Fsp3) is 0. The Morgan fingerprint density at radius 3 is 1.14 bits per heavy atom. The van der Waals surface area contributed by atoms with E-state index in [-0.39, 0.29) is 42.0 Å². The van der Waals surface area contributed by atoms with Crippen molar-refractivity contribution in [3.8, 4) is 0 Å². The molecule has 0 saturated carbocycles. The molecular formula is H4ClNaO4P. The molecule has 0 rings (SSSR count). The standard InChI is InChI=1S/ClH.Na.H3O4P/c;;1-5(2,3)4/h1H;;(H3,1,2,3,4). The van der Waals surface area contributed by atoms with Gasteiger partial charge in [0.05, 0.1) is 0 Å². The van der Waals surface area contributed by atoms with Crippen LogP contribution >= 0.6 is 20.2 Å². The van der Waals surface area contributed by atoms with Crippen molar-refractivity contribution in [1.82, 2.24) is 0 Å². The average molecular weight is 157 g/mol. The first kappa shape index (κ1) is 15.8. The summed E-state index contributed by atoms with van der Waals surface area (Å²) in [6.45, 7) is 0. The van der Waals surface area contributed by atoms with Crippen molar-refractivity contribution in [2.24, 2.45) is 0 Å². The Balaban J connectivity index is -0.0000000800. The van der Waals surface area contributed by atoms with Crippen LogP contribution in [0.4, 0.5) is 0 Å². The van der Waals surface area contributed by atoms with Gasteiger partial charge >= 0.3 is 7.82 Å². The largest absolute Gasteiger partial charge is 0.466 e. The fourth-order valence-corrected chi connectivity index (χ4v) is 0. The molecule has 0 heterocycles. The van der Waals surface area contributed by atoms with Gasteiger partial charge in [-0.25, -0.2) is 4.57 Å². The molecule has 0 atom stereocenters. The molecule has 0 fully saturated rings. The summed E-state index contributed by atoms with van der Waals surface area (Å²) >= 11 is 0. The van der Waals surface area contributed by atoms with Crippen LogP contribution in [0.1, 0.15) is 0 Å². The van der Waals surface area contributed by atoms with Crippen molar-refractivity contribution in [3.05, 3.63) is 0 Å². The van der Waals surface area contributed by atoms with Crippen molar-refractivity contribution in [2.75, 3.05) is 0 Å². The van der Waals surface area contributed by atoms with E-state index in [0.717, 1.165) is 0 Å². The zero-order valence-electron chi connectivity index (χ0n) is 3.61. The molecule has 0 saturated heterocycles. The molecule has 0 amide bonds. The van der Waals surface area contributed by atoms with Gasteiger partial charge < -0.3 is 14.7 Å². The molecule has 0 bridgehead atoms. The third-order valence-electron chi connectivity index (χ3n) is 0. The Bertz CT molecular complexity index is 57.8. The summed E-state index contributed by atoms with van der Waals surface area (Å²) in [6, 6.07) is 0. The van der Waals surface area contributed by atoms with Gasteiger partial charge in [-0.15, -0.1) is 12.4 Å². The summed E-state index contributed by atoms with van der Waals surface area (Å²) in [4.78, 5) is 21.6. The van der Waals surface area contributed by atoms with Gasteiger partial charge in [0.15, 0.2) is 0 Å². The molecule has 0 aromatic carbocycles. The summed E-state index contributed by atoms with van der Waals surface area (Å²) in [7, 11) is -4.64. The molecule has 0 unspecified atom stereocenters. The zero-order chi connectivity index (χ0) is 4.50. The second kappa shape index (κ2) is 5.54. The van der Waals surface area contributed by atoms with Gasteiger partial charge in [-0.3, -0.25) is 0 Å². The summed E-state index contributed by atoms with van der Waals surface area (Å²) < 4.78 is 8.88. The number of hydrogen-bond donors (Lipinski definition) is 3. The molecule has 7 heavy (non-hydrogen) atoms. The molecule has 0 aliphatic rings. The predicted molar refractivity (Wildman–Crippen MR) is 27.3 cm³/mol. The zero-order valence-corrected chi connectivity index (χ0v) is 7.32. The van der Waals surface area contributed by atoms with E-state index >= 15 is 0 Å². The Morgan fingerprint density at radius 2 is 1.14 bits per heavy atom. The van der Waals surface area contributed by atoms with Crippen molar-refractivity contribution in [1.29, 1.82) is 0 Å². The number of hydrogen-bond acceptors (Lipinski definition) is 1. The Labute approximate surface area is 68.9 Å². The molecular weight excluding hydrogens is 153 g/mol. The van der Waals surface area contributed by atoms with Crippen LogP contribution in [0, 0.1) is 0 Å². The SMILES string of the molecule is Cl.O=P(O)(O)O.[Na].